The SMILES string of the molecule is O=C(O)c1ccc(NC(=O)C23CC4CC(CC(C4)C2)C3)c(F)c1. The molecule has 1 aromatic rings. The van der Waals surface area contributed by atoms with E-state index < -0.39 is 11.8 Å². The smallest absolute Gasteiger partial charge is 0.335 e. The normalized spacial score (nSPS) is 34.4. The minimum absolute atomic E-state index is 0.0794. The van der Waals surface area contributed by atoms with Crippen molar-refractivity contribution in [1.29, 1.82) is 0 Å². The summed E-state index contributed by atoms with van der Waals surface area (Å²) in [7, 11) is 0. The molecule has 0 aliphatic heterocycles. The Morgan fingerprint density at radius 2 is 1.65 bits per heavy atom. The van der Waals surface area contributed by atoms with Crippen molar-refractivity contribution in [1.82, 2.24) is 0 Å². The molecule has 0 saturated heterocycles. The lowest BCUT2D eigenvalue weighted by molar-refractivity contribution is -0.140. The number of carbonyl (C=O) groups is 2. The predicted molar refractivity (Wildman–Crippen MR) is 82.6 cm³/mol. The van der Waals surface area contributed by atoms with Crippen molar-refractivity contribution >= 4 is 17.6 Å². The highest BCUT2D eigenvalue weighted by Crippen LogP contribution is 2.60. The molecule has 0 unspecified atom stereocenters. The lowest BCUT2D eigenvalue weighted by atomic mass is 9.49. The van der Waals surface area contributed by atoms with Gasteiger partial charge in [-0.3, -0.25) is 4.79 Å². The first-order chi connectivity index (χ1) is 10.9. The Morgan fingerprint density at radius 1 is 1.09 bits per heavy atom. The van der Waals surface area contributed by atoms with Crippen LogP contribution in [0.1, 0.15) is 48.9 Å². The minimum Gasteiger partial charge on any atom is -0.478 e. The average Bonchev–Trinajstić information content (AvgIpc) is 2.47. The molecule has 0 aromatic heterocycles. The zero-order chi connectivity index (χ0) is 16.2. The van der Waals surface area contributed by atoms with Gasteiger partial charge in [0.2, 0.25) is 5.91 Å². The number of nitrogens with one attached hydrogen (secondary N) is 1. The highest BCUT2D eigenvalue weighted by molar-refractivity contribution is 5.96. The van der Waals surface area contributed by atoms with Gasteiger partial charge in [-0.1, -0.05) is 0 Å². The number of hydrogen-bond acceptors (Lipinski definition) is 2. The van der Waals surface area contributed by atoms with E-state index in [2.05, 4.69) is 5.32 Å². The summed E-state index contributed by atoms with van der Waals surface area (Å²) >= 11 is 0. The number of hydrogen-bond donors (Lipinski definition) is 2. The third-order valence-electron chi connectivity index (χ3n) is 5.98. The molecule has 1 aromatic carbocycles. The molecule has 1 amide bonds. The van der Waals surface area contributed by atoms with Gasteiger partial charge in [0.15, 0.2) is 0 Å². The van der Waals surface area contributed by atoms with Gasteiger partial charge in [-0.15, -0.1) is 0 Å². The molecule has 0 spiro atoms. The zero-order valence-corrected chi connectivity index (χ0v) is 12.8. The lowest BCUT2D eigenvalue weighted by Crippen LogP contribution is -2.51. The second-order valence-corrected chi connectivity index (χ2v) is 7.65. The number of carboxylic acid groups (broad SMARTS) is 1. The molecule has 4 nitrogen and oxygen atoms in total. The fraction of sp³-hybridized carbons (Fsp3) is 0.556. The van der Waals surface area contributed by atoms with E-state index in [1.165, 1.54) is 31.4 Å². The van der Waals surface area contributed by atoms with E-state index in [9.17, 15) is 14.0 Å². The summed E-state index contributed by atoms with van der Waals surface area (Å²) in [6.07, 6.45) is 6.48. The maximum atomic E-state index is 14.1. The van der Waals surface area contributed by atoms with Crippen molar-refractivity contribution in [2.45, 2.75) is 38.5 Å². The first-order valence-electron chi connectivity index (χ1n) is 8.29. The van der Waals surface area contributed by atoms with Gasteiger partial charge in [0.1, 0.15) is 5.82 Å². The van der Waals surface area contributed by atoms with E-state index in [-0.39, 0.29) is 22.6 Å². The number of anilines is 1. The minimum atomic E-state index is -1.18. The summed E-state index contributed by atoms with van der Waals surface area (Å²) in [5.74, 6) is -0.0203. The van der Waals surface area contributed by atoms with Crippen LogP contribution in [0.25, 0.3) is 0 Å². The van der Waals surface area contributed by atoms with Crippen LogP contribution < -0.4 is 5.32 Å². The molecule has 4 aliphatic rings. The Morgan fingerprint density at radius 3 is 2.13 bits per heavy atom. The number of rotatable bonds is 3. The van der Waals surface area contributed by atoms with E-state index in [1.54, 1.807) is 0 Å². The van der Waals surface area contributed by atoms with Crippen LogP contribution in [0.5, 0.6) is 0 Å². The van der Waals surface area contributed by atoms with Crippen molar-refractivity contribution < 1.29 is 19.1 Å². The average molecular weight is 317 g/mol. The molecule has 0 atom stereocenters. The van der Waals surface area contributed by atoms with Crippen LogP contribution in [0, 0.1) is 29.0 Å². The number of benzene rings is 1. The zero-order valence-electron chi connectivity index (χ0n) is 12.8. The Balaban J connectivity index is 1.55. The largest absolute Gasteiger partial charge is 0.478 e. The Bertz CT molecular complexity index is 650. The summed E-state index contributed by atoms with van der Waals surface area (Å²) in [6, 6.07) is 3.62. The van der Waals surface area contributed by atoms with Gasteiger partial charge in [0.25, 0.3) is 0 Å². The van der Waals surface area contributed by atoms with Gasteiger partial charge in [0.05, 0.1) is 16.7 Å². The van der Waals surface area contributed by atoms with Crippen LogP contribution >= 0.6 is 0 Å². The summed E-state index contributed by atoms with van der Waals surface area (Å²) < 4.78 is 14.1. The van der Waals surface area contributed by atoms with Gasteiger partial charge in [-0.2, -0.15) is 0 Å². The van der Waals surface area contributed by atoms with Crippen molar-refractivity contribution in [2.24, 2.45) is 23.2 Å². The Labute approximate surface area is 134 Å². The molecule has 5 heteroatoms. The molecule has 4 saturated carbocycles. The van der Waals surface area contributed by atoms with Gasteiger partial charge < -0.3 is 10.4 Å². The lowest BCUT2D eigenvalue weighted by Gasteiger charge is -2.55. The molecule has 0 radical (unpaired) electrons. The molecular weight excluding hydrogens is 297 g/mol. The van der Waals surface area contributed by atoms with E-state index in [1.807, 2.05) is 0 Å². The summed E-state index contributed by atoms with van der Waals surface area (Å²) in [5.41, 5.74) is -0.377. The third-order valence-corrected chi connectivity index (χ3v) is 5.98. The highest BCUT2D eigenvalue weighted by atomic mass is 19.1. The van der Waals surface area contributed by atoms with E-state index in [0.717, 1.165) is 25.3 Å². The summed E-state index contributed by atoms with van der Waals surface area (Å²) in [4.78, 5) is 23.7. The molecule has 2 N–H and O–H groups in total. The first-order valence-corrected chi connectivity index (χ1v) is 8.29. The Hall–Kier alpha value is -1.91. The van der Waals surface area contributed by atoms with E-state index in [4.69, 9.17) is 5.11 Å². The number of halogens is 1. The highest BCUT2D eigenvalue weighted by Gasteiger charge is 2.54. The molecule has 5 rings (SSSR count). The maximum absolute atomic E-state index is 14.1. The topological polar surface area (TPSA) is 66.4 Å². The molecule has 0 heterocycles. The van der Waals surface area contributed by atoms with Crippen LogP contribution in [0.2, 0.25) is 0 Å². The third kappa shape index (κ3) is 2.42. The standard InChI is InChI=1S/C18H20FNO3/c19-14-6-13(16(21)22)1-2-15(14)20-17(23)18-7-10-3-11(8-18)5-12(4-10)9-18/h1-2,6,10-12H,3-5,7-9H2,(H,20,23)(H,21,22). The fourth-order valence-electron chi connectivity index (χ4n) is 5.39. The van der Waals surface area contributed by atoms with Gasteiger partial charge >= 0.3 is 5.97 Å². The second kappa shape index (κ2) is 5.05. The monoisotopic (exact) mass is 317 g/mol. The quantitative estimate of drug-likeness (QED) is 0.893. The van der Waals surface area contributed by atoms with Crippen LogP contribution in [0.3, 0.4) is 0 Å². The van der Waals surface area contributed by atoms with Crippen molar-refractivity contribution in [3.63, 3.8) is 0 Å². The van der Waals surface area contributed by atoms with Crippen molar-refractivity contribution in [3.05, 3.63) is 29.6 Å². The maximum Gasteiger partial charge on any atom is 0.335 e. The molecule has 4 bridgehead atoms. The van der Waals surface area contributed by atoms with Crippen LogP contribution in [-0.2, 0) is 4.79 Å². The van der Waals surface area contributed by atoms with Crippen LogP contribution in [0.4, 0.5) is 10.1 Å². The second-order valence-electron chi connectivity index (χ2n) is 7.65. The number of aromatic carboxylic acids is 1. The molecule has 122 valence electrons. The predicted octanol–water partition coefficient (Wildman–Crippen LogP) is 3.68. The Kier molecular flexibility index (Phi) is 3.22. The molecule has 4 aliphatic carbocycles. The number of carbonyl (C=O) groups excluding carboxylic acids is 1. The van der Waals surface area contributed by atoms with E-state index in [0.29, 0.717) is 17.8 Å². The van der Waals surface area contributed by atoms with E-state index >= 15 is 0 Å². The van der Waals surface area contributed by atoms with Crippen LogP contribution in [0.15, 0.2) is 18.2 Å². The number of carboxylic acids is 1. The summed E-state index contributed by atoms with van der Waals surface area (Å²) in [5, 5.41) is 11.6. The molecule has 4 fully saturated rings. The molecule has 23 heavy (non-hydrogen) atoms. The first kappa shape index (κ1) is 14.7. The van der Waals surface area contributed by atoms with Gasteiger partial charge in [-0.25, -0.2) is 9.18 Å². The van der Waals surface area contributed by atoms with Gasteiger partial charge in [-0.05, 0) is 74.5 Å². The van der Waals surface area contributed by atoms with Crippen molar-refractivity contribution in [3.8, 4) is 0 Å². The van der Waals surface area contributed by atoms with Gasteiger partial charge in [0, 0.05) is 0 Å². The van der Waals surface area contributed by atoms with Crippen molar-refractivity contribution in [2.75, 3.05) is 5.32 Å². The summed E-state index contributed by atoms with van der Waals surface area (Å²) in [6.45, 7) is 0. The fourth-order valence-corrected chi connectivity index (χ4v) is 5.39. The van der Waals surface area contributed by atoms with Crippen LogP contribution in [-0.4, -0.2) is 17.0 Å². The number of amides is 1. The molecular formula is C18H20FNO3.